The van der Waals surface area contributed by atoms with Crippen LogP contribution in [0, 0.1) is 6.92 Å². The van der Waals surface area contributed by atoms with Crippen LogP contribution in [-0.4, -0.2) is 11.6 Å². The summed E-state index contributed by atoms with van der Waals surface area (Å²) < 4.78 is 5.69. The molecule has 1 unspecified atom stereocenters. The maximum absolute atomic E-state index is 6.23. The Morgan fingerprint density at radius 2 is 2.37 bits per heavy atom. The van der Waals surface area contributed by atoms with Crippen LogP contribution in [0.25, 0.3) is 0 Å². The lowest BCUT2D eigenvalue weighted by Gasteiger charge is -2.13. The average molecular weight is 295 g/mol. The number of rotatable bonds is 3. The highest BCUT2D eigenvalue weighted by molar-refractivity contribution is 7.09. The van der Waals surface area contributed by atoms with Crippen molar-refractivity contribution in [1.29, 1.82) is 0 Å². The second kappa shape index (κ2) is 5.12. The molecule has 0 spiro atoms. The Kier molecular flexibility index (Phi) is 3.48. The van der Waals surface area contributed by atoms with Crippen molar-refractivity contribution in [2.75, 3.05) is 6.61 Å². The molecule has 0 bridgehead atoms. The van der Waals surface area contributed by atoms with Gasteiger partial charge in [-0.25, -0.2) is 4.98 Å². The third-order valence-electron chi connectivity index (χ3n) is 3.28. The lowest BCUT2D eigenvalue weighted by molar-refractivity contribution is 0.352. The first-order valence-electron chi connectivity index (χ1n) is 6.25. The van der Waals surface area contributed by atoms with Gasteiger partial charge in [0.25, 0.3) is 0 Å². The molecule has 2 heterocycles. The lowest BCUT2D eigenvalue weighted by Crippen LogP contribution is -2.14. The largest absolute Gasteiger partial charge is 0.493 e. The second-order valence-corrected chi connectivity index (χ2v) is 6.25. The molecule has 3 nitrogen and oxygen atoms in total. The molecule has 100 valence electrons. The number of thiazole rings is 1. The second-order valence-electron chi connectivity index (χ2n) is 4.75. The molecule has 0 saturated heterocycles. The van der Waals surface area contributed by atoms with Crippen molar-refractivity contribution in [3.8, 4) is 5.75 Å². The molecule has 2 aromatic rings. The maximum Gasteiger partial charge on any atom is 0.125 e. The van der Waals surface area contributed by atoms with Crippen LogP contribution in [0.15, 0.2) is 17.5 Å². The van der Waals surface area contributed by atoms with Gasteiger partial charge in [0.1, 0.15) is 5.75 Å². The number of aryl methyl sites for hydroxylation is 1. The zero-order valence-electron chi connectivity index (χ0n) is 10.6. The monoisotopic (exact) mass is 294 g/mol. The van der Waals surface area contributed by atoms with Crippen LogP contribution in [0.2, 0.25) is 5.02 Å². The predicted molar refractivity (Wildman–Crippen MR) is 78.1 cm³/mol. The molecule has 1 aliphatic heterocycles. The summed E-state index contributed by atoms with van der Waals surface area (Å²) in [5.41, 5.74) is 9.44. The van der Waals surface area contributed by atoms with E-state index in [0.717, 1.165) is 40.1 Å². The number of nitrogens with two attached hydrogens (primary N) is 1. The summed E-state index contributed by atoms with van der Waals surface area (Å²) in [7, 11) is 0. The van der Waals surface area contributed by atoms with Crippen LogP contribution in [0.3, 0.4) is 0 Å². The van der Waals surface area contributed by atoms with E-state index in [1.165, 1.54) is 5.56 Å². The Morgan fingerprint density at radius 3 is 3.11 bits per heavy atom. The van der Waals surface area contributed by atoms with E-state index in [-0.39, 0.29) is 6.04 Å². The molecule has 0 saturated carbocycles. The first kappa shape index (κ1) is 12.9. The van der Waals surface area contributed by atoms with Crippen molar-refractivity contribution in [3.63, 3.8) is 0 Å². The number of aromatic nitrogens is 1. The Labute approximate surface area is 121 Å². The maximum atomic E-state index is 6.23. The molecule has 3 rings (SSSR count). The van der Waals surface area contributed by atoms with Gasteiger partial charge in [-0.05, 0) is 36.6 Å². The minimum absolute atomic E-state index is 0.114. The smallest absolute Gasteiger partial charge is 0.125 e. The molecule has 0 aliphatic carbocycles. The molecular weight excluding hydrogens is 280 g/mol. The highest BCUT2D eigenvalue weighted by Gasteiger charge is 2.20. The molecule has 0 radical (unpaired) electrons. The van der Waals surface area contributed by atoms with Gasteiger partial charge in [0.05, 0.1) is 23.4 Å². The quantitative estimate of drug-likeness (QED) is 0.945. The van der Waals surface area contributed by atoms with Crippen LogP contribution >= 0.6 is 22.9 Å². The molecular formula is C14H15ClN2OS. The van der Waals surface area contributed by atoms with Gasteiger partial charge in [-0.2, -0.15) is 0 Å². The van der Waals surface area contributed by atoms with E-state index in [1.807, 2.05) is 24.4 Å². The van der Waals surface area contributed by atoms with Gasteiger partial charge < -0.3 is 10.5 Å². The molecule has 0 amide bonds. The van der Waals surface area contributed by atoms with Crippen LogP contribution in [0.4, 0.5) is 0 Å². The zero-order chi connectivity index (χ0) is 13.4. The minimum atomic E-state index is -0.114. The van der Waals surface area contributed by atoms with Crippen molar-refractivity contribution >= 4 is 22.9 Å². The fraction of sp³-hybridized carbons (Fsp3) is 0.357. The highest BCUT2D eigenvalue weighted by Crippen LogP contribution is 2.34. The van der Waals surface area contributed by atoms with Crippen LogP contribution < -0.4 is 10.5 Å². The number of benzene rings is 1. The lowest BCUT2D eigenvalue weighted by atomic mass is 10.0. The van der Waals surface area contributed by atoms with Gasteiger partial charge in [-0.3, -0.25) is 0 Å². The molecule has 1 aromatic carbocycles. The summed E-state index contributed by atoms with van der Waals surface area (Å²) in [5.74, 6) is 0.965. The SMILES string of the molecule is Cc1nc(C(N)Cc2cc(Cl)cc3c2OCC3)cs1. The van der Waals surface area contributed by atoms with E-state index in [0.29, 0.717) is 6.42 Å². The minimum Gasteiger partial charge on any atom is -0.493 e. The van der Waals surface area contributed by atoms with E-state index < -0.39 is 0 Å². The third kappa shape index (κ3) is 2.61. The Hall–Kier alpha value is -1.10. The van der Waals surface area contributed by atoms with Crippen molar-refractivity contribution in [2.24, 2.45) is 5.73 Å². The van der Waals surface area contributed by atoms with Crippen molar-refractivity contribution in [1.82, 2.24) is 4.98 Å². The number of fused-ring (bicyclic) bond motifs is 1. The molecule has 5 heteroatoms. The first-order chi connectivity index (χ1) is 9.13. The predicted octanol–water partition coefficient (Wildman–Crippen LogP) is 3.28. The Balaban J connectivity index is 1.87. The summed E-state index contributed by atoms with van der Waals surface area (Å²) in [5, 5.41) is 3.81. The summed E-state index contributed by atoms with van der Waals surface area (Å²) in [6, 6.07) is 3.81. The van der Waals surface area contributed by atoms with E-state index in [4.69, 9.17) is 22.1 Å². The highest BCUT2D eigenvalue weighted by atomic mass is 35.5. The molecule has 1 atom stereocenters. The normalized spacial score (nSPS) is 15.1. The van der Waals surface area contributed by atoms with Crippen LogP contribution in [-0.2, 0) is 12.8 Å². The van der Waals surface area contributed by atoms with Crippen LogP contribution in [0.1, 0.15) is 27.9 Å². The van der Waals surface area contributed by atoms with Crippen molar-refractivity contribution in [3.05, 3.63) is 44.4 Å². The van der Waals surface area contributed by atoms with E-state index in [2.05, 4.69) is 4.98 Å². The topological polar surface area (TPSA) is 48.1 Å². The Morgan fingerprint density at radius 1 is 1.53 bits per heavy atom. The van der Waals surface area contributed by atoms with Crippen molar-refractivity contribution < 1.29 is 4.74 Å². The zero-order valence-corrected chi connectivity index (χ0v) is 12.2. The van der Waals surface area contributed by atoms with Gasteiger partial charge in [-0.1, -0.05) is 11.6 Å². The van der Waals surface area contributed by atoms with E-state index in [9.17, 15) is 0 Å². The van der Waals surface area contributed by atoms with Gasteiger partial charge in [0.15, 0.2) is 0 Å². The number of hydrogen-bond acceptors (Lipinski definition) is 4. The van der Waals surface area contributed by atoms with Gasteiger partial charge in [-0.15, -0.1) is 11.3 Å². The number of nitrogens with zero attached hydrogens (tertiary/aromatic N) is 1. The molecule has 2 N–H and O–H groups in total. The first-order valence-corrected chi connectivity index (χ1v) is 7.51. The van der Waals surface area contributed by atoms with Gasteiger partial charge in [0.2, 0.25) is 0 Å². The summed E-state index contributed by atoms with van der Waals surface area (Å²) in [6.07, 6.45) is 1.63. The number of hydrogen-bond donors (Lipinski definition) is 1. The van der Waals surface area contributed by atoms with E-state index in [1.54, 1.807) is 11.3 Å². The average Bonchev–Trinajstić information content (AvgIpc) is 2.97. The Bertz CT molecular complexity index is 611. The number of halogens is 1. The van der Waals surface area contributed by atoms with Gasteiger partial charge in [0, 0.05) is 16.8 Å². The number of ether oxygens (including phenoxy) is 1. The summed E-state index contributed by atoms with van der Waals surface area (Å²) in [4.78, 5) is 4.44. The van der Waals surface area contributed by atoms with Crippen molar-refractivity contribution in [2.45, 2.75) is 25.8 Å². The molecule has 19 heavy (non-hydrogen) atoms. The van der Waals surface area contributed by atoms with Gasteiger partial charge >= 0.3 is 0 Å². The summed E-state index contributed by atoms with van der Waals surface area (Å²) in [6.45, 7) is 2.72. The third-order valence-corrected chi connectivity index (χ3v) is 4.29. The standard InChI is InChI=1S/C14H15ClN2OS/c1-8-17-13(7-19-8)12(16)6-10-5-11(15)4-9-2-3-18-14(9)10/h4-5,7,12H,2-3,6,16H2,1H3. The molecule has 1 aliphatic rings. The summed E-state index contributed by atoms with van der Waals surface area (Å²) >= 11 is 7.78. The fourth-order valence-corrected chi connectivity index (χ4v) is 3.33. The van der Waals surface area contributed by atoms with E-state index >= 15 is 0 Å². The van der Waals surface area contributed by atoms with Crippen LogP contribution in [0.5, 0.6) is 5.75 Å². The molecule has 1 aromatic heterocycles. The fourth-order valence-electron chi connectivity index (χ4n) is 2.39. The molecule has 0 fully saturated rings.